The van der Waals surface area contributed by atoms with Crippen LogP contribution in [0.1, 0.15) is 13.3 Å². The molecule has 9 heavy (non-hydrogen) atoms. The molecule has 0 aromatic carbocycles. The highest BCUT2D eigenvalue weighted by Gasteiger charge is 2.08. The van der Waals surface area contributed by atoms with Crippen molar-refractivity contribution < 1.29 is 0 Å². The number of rotatable bonds is 0. The minimum Gasteiger partial charge on any atom is -0.277 e. The van der Waals surface area contributed by atoms with Gasteiger partial charge in [-0.25, -0.2) is 0 Å². The van der Waals surface area contributed by atoms with Crippen LogP contribution in [0.25, 0.3) is 0 Å². The van der Waals surface area contributed by atoms with E-state index >= 15 is 0 Å². The van der Waals surface area contributed by atoms with Crippen molar-refractivity contribution in [2.24, 2.45) is 4.99 Å². The van der Waals surface area contributed by atoms with Crippen molar-refractivity contribution in [3.8, 4) is 0 Å². The summed E-state index contributed by atoms with van der Waals surface area (Å²) in [6.07, 6.45) is 2.86. The zero-order valence-electron chi connectivity index (χ0n) is 5.06. The second-order valence-corrected chi connectivity index (χ2v) is 3.96. The number of hydrogen-bond acceptors (Lipinski definition) is 1. The minimum atomic E-state index is 0.291. The van der Waals surface area contributed by atoms with Crippen molar-refractivity contribution in [2.75, 3.05) is 0 Å². The van der Waals surface area contributed by atoms with Crippen molar-refractivity contribution >= 4 is 38.1 Å². The minimum absolute atomic E-state index is 0.291. The Kier molecular flexibility index (Phi) is 2.47. The van der Waals surface area contributed by atoms with E-state index in [1.54, 1.807) is 0 Å². The first-order valence-electron chi connectivity index (χ1n) is 2.72. The Morgan fingerprint density at radius 1 is 1.78 bits per heavy atom. The lowest BCUT2D eigenvalue weighted by atomic mass is 10.2. The fourth-order valence-corrected chi connectivity index (χ4v) is 1.54. The number of hydrogen-bond donors (Lipinski definition) is 0. The molecule has 0 amide bonds. The van der Waals surface area contributed by atoms with Gasteiger partial charge in [-0.15, -0.1) is 0 Å². The molecule has 0 saturated carbocycles. The van der Waals surface area contributed by atoms with Crippen LogP contribution in [-0.4, -0.2) is 11.2 Å². The molecule has 1 aliphatic heterocycles. The highest BCUT2D eigenvalue weighted by Crippen LogP contribution is 2.23. The van der Waals surface area contributed by atoms with Crippen LogP contribution in [0, 0.1) is 0 Å². The Morgan fingerprint density at radius 2 is 2.44 bits per heavy atom. The molecule has 50 valence electrons. The van der Waals surface area contributed by atoms with Gasteiger partial charge in [-0.1, -0.05) is 21.5 Å². The van der Waals surface area contributed by atoms with E-state index in [1.807, 2.05) is 6.21 Å². The van der Waals surface area contributed by atoms with Gasteiger partial charge in [-0.2, -0.15) is 0 Å². The number of nitrogens with zero attached hydrogens (tertiary/aromatic N) is 1. The molecular formula is C6H7Br2N. The molecule has 1 heterocycles. The number of allylic oxidation sites excluding steroid dienone is 1. The predicted octanol–water partition coefficient (Wildman–Crippen LogP) is 2.85. The highest BCUT2D eigenvalue weighted by atomic mass is 79.9. The largest absolute Gasteiger partial charge is 0.277 e. The summed E-state index contributed by atoms with van der Waals surface area (Å²) in [5, 5.41) is 0. The van der Waals surface area contributed by atoms with Crippen LogP contribution >= 0.6 is 31.9 Å². The predicted molar refractivity (Wildman–Crippen MR) is 47.5 cm³/mol. The summed E-state index contributed by atoms with van der Waals surface area (Å²) < 4.78 is 1.12. The number of alkyl halides is 1. The van der Waals surface area contributed by atoms with Gasteiger partial charge in [-0.05, 0) is 22.9 Å². The molecule has 0 aromatic rings. The van der Waals surface area contributed by atoms with E-state index in [1.165, 1.54) is 5.57 Å². The molecule has 1 unspecified atom stereocenters. The molecule has 1 atom stereocenters. The summed E-state index contributed by atoms with van der Waals surface area (Å²) in [6.45, 7) is 2.10. The van der Waals surface area contributed by atoms with Gasteiger partial charge in [0.2, 0.25) is 0 Å². The van der Waals surface area contributed by atoms with Crippen LogP contribution in [0.5, 0.6) is 0 Å². The zero-order chi connectivity index (χ0) is 6.85. The normalized spacial score (nSPS) is 27.2. The van der Waals surface area contributed by atoms with Crippen LogP contribution in [0.15, 0.2) is 15.0 Å². The summed E-state index contributed by atoms with van der Waals surface area (Å²) in [4.78, 5) is 4.44. The van der Waals surface area contributed by atoms with Crippen LogP contribution in [-0.2, 0) is 0 Å². The lowest BCUT2D eigenvalue weighted by Gasteiger charge is -2.10. The first kappa shape index (κ1) is 7.48. The lowest BCUT2D eigenvalue weighted by Crippen LogP contribution is -2.01. The third-order valence-electron chi connectivity index (χ3n) is 1.23. The molecule has 0 fully saturated rings. The third kappa shape index (κ3) is 1.90. The Labute approximate surface area is 71.5 Å². The number of aliphatic imine (C=N–C) groups is 1. The van der Waals surface area contributed by atoms with Gasteiger partial charge < -0.3 is 0 Å². The second-order valence-electron chi connectivity index (χ2n) is 2.05. The fourth-order valence-electron chi connectivity index (χ4n) is 0.659. The molecular weight excluding hydrogens is 246 g/mol. The van der Waals surface area contributed by atoms with Crippen molar-refractivity contribution in [3.63, 3.8) is 0 Å². The average molecular weight is 253 g/mol. The van der Waals surface area contributed by atoms with Crippen LogP contribution in [0.4, 0.5) is 0 Å². The van der Waals surface area contributed by atoms with Crippen molar-refractivity contribution in [1.29, 1.82) is 0 Å². The summed E-state index contributed by atoms with van der Waals surface area (Å²) >= 11 is 6.79. The van der Waals surface area contributed by atoms with E-state index in [-0.39, 0.29) is 0 Å². The molecule has 0 spiro atoms. The molecule has 3 heteroatoms. The van der Waals surface area contributed by atoms with Crippen molar-refractivity contribution in [3.05, 3.63) is 10.1 Å². The summed E-state index contributed by atoms with van der Waals surface area (Å²) in [5.41, 5.74) is 1.35. The molecule has 0 radical (unpaired) electrons. The Balaban J connectivity index is 2.75. The highest BCUT2D eigenvalue weighted by molar-refractivity contribution is 9.12. The topological polar surface area (TPSA) is 12.4 Å². The molecule has 0 bridgehead atoms. The summed E-state index contributed by atoms with van der Waals surface area (Å²) in [6, 6.07) is 0. The number of dihydropyridines is 1. The van der Waals surface area contributed by atoms with Crippen LogP contribution in [0.2, 0.25) is 0 Å². The Bertz CT molecular complexity index is 172. The molecule has 1 nitrogen and oxygen atoms in total. The smallest absolute Gasteiger partial charge is 0.108 e. The molecule has 0 saturated heterocycles. The zero-order valence-corrected chi connectivity index (χ0v) is 8.24. The van der Waals surface area contributed by atoms with E-state index < -0.39 is 0 Å². The van der Waals surface area contributed by atoms with E-state index in [0.29, 0.717) is 4.95 Å². The van der Waals surface area contributed by atoms with Gasteiger partial charge in [0.15, 0.2) is 0 Å². The van der Waals surface area contributed by atoms with Gasteiger partial charge in [-0.3, -0.25) is 4.99 Å². The molecule has 0 N–H and O–H groups in total. The standard InChI is InChI=1S/C6H7Br2N/c1-4-2-6(8)9-3-5(4)7/h3,6H,2H2,1H3. The van der Waals surface area contributed by atoms with Crippen molar-refractivity contribution in [2.45, 2.75) is 18.3 Å². The number of halogens is 2. The SMILES string of the molecule is CC1=C(Br)C=NC(Br)C1. The van der Waals surface area contributed by atoms with E-state index in [0.717, 1.165) is 10.9 Å². The average Bonchev–Trinajstić information content (AvgIpc) is 1.80. The third-order valence-corrected chi connectivity index (χ3v) is 2.67. The lowest BCUT2D eigenvalue weighted by molar-refractivity contribution is 0.894. The summed E-state index contributed by atoms with van der Waals surface area (Å²) in [7, 11) is 0. The van der Waals surface area contributed by atoms with Gasteiger partial charge in [0, 0.05) is 17.1 Å². The molecule has 0 aromatic heterocycles. The molecule has 1 aliphatic rings. The maximum atomic E-state index is 4.15. The van der Waals surface area contributed by atoms with E-state index in [2.05, 4.69) is 43.8 Å². The monoisotopic (exact) mass is 251 g/mol. The Hall–Kier alpha value is 0.370. The summed E-state index contributed by atoms with van der Waals surface area (Å²) in [5.74, 6) is 0. The van der Waals surface area contributed by atoms with Crippen LogP contribution in [0.3, 0.4) is 0 Å². The van der Waals surface area contributed by atoms with Gasteiger partial charge in [0.1, 0.15) is 4.95 Å². The van der Waals surface area contributed by atoms with Gasteiger partial charge in [0.05, 0.1) is 0 Å². The molecule has 1 rings (SSSR count). The fraction of sp³-hybridized carbons (Fsp3) is 0.500. The first-order chi connectivity index (χ1) is 4.20. The quantitative estimate of drug-likeness (QED) is 0.465. The molecule has 0 aliphatic carbocycles. The first-order valence-corrected chi connectivity index (χ1v) is 4.43. The maximum Gasteiger partial charge on any atom is 0.108 e. The van der Waals surface area contributed by atoms with Gasteiger partial charge in [0.25, 0.3) is 0 Å². The Morgan fingerprint density at radius 3 is 2.89 bits per heavy atom. The second kappa shape index (κ2) is 2.97. The van der Waals surface area contributed by atoms with Crippen molar-refractivity contribution in [1.82, 2.24) is 0 Å². The van der Waals surface area contributed by atoms with E-state index in [9.17, 15) is 0 Å². The van der Waals surface area contributed by atoms with Gasteiger partial charge >= 0.3 is 0 Å². The van der Waals surface area contributed by atoms with E-state index in [4.69, 9.17) is 0 Å². The van der Waals surface area contributed by atoms with Crippen LogP contribution < -0.4 is 0 Å². The maximum absolute atomic E-state index is 4.15.